The molecule has 2 rings (SSSR count). The molecule has 2 aromatic heterocycles. The van der Waals surface area contributed by atoms with Crippen molar-refractivity contribution in [3.8, 4) is 17.3 Å². The van der Waals surface area contributed by atoms with Crippen LogP contribution in [0, 0.1) is 0 Å². The molecule has 2 heterocycles. The van der Waals surface area contributed by atoms with Gasteiger partial charge < -0.3 is 27.7 Å². The number of hydrogen-bond acceptors (Lipinski definition) is 8. The minimum atomic E-state index is -0.833. The summed E-state index contributed by atoms with van der Waals surface area (Å²) < 4.78 is 4.85. The Morgan fingerprint density at radius 2 is 1.77 bits per heavy atom. The highest BCUT2D eigenvalue weighted by atomic mass is 16.5. The van der Waals surface area contributed by atoms with Gasteiger partial charge in [0.25, 0.3) is 0 Å². The number of amides is 1. The minimum Gasteiger partial charge on any atom is -0.467 e. The average molecular weight is 303 g/mol. The van der Waals surface area contributed by atoms with E-state index in [1.54, 1.807) is 0 Å². The van der Waals surface area contributed by atoms with Gasteiger partial charge in [-0.1, -0.05) is 0 Å². The van der Waals surface area contributed by atoms with E-state index < -0.39 is 11.9 Å². The molecule has 0 spiro atoms. The maximum atomic E-state index is 11.8. The topological polar surface area (TPSA) is 194 Å². The molecule has 0 aliphatic carbocycles. The van der Waals surface area contributed by atoms with Crippen molar-refractivity contribution in [2.45, 2.75) is 0 Å². The Morgan fingerprint density at radius 3 is 2.32 bits per heavy atom. The van der Waals surface area contributed by atoms with Crippen molar-refractivity contribution >= 4 is 23.5 Å². The highest BCUT2D eigenvalue weighted by Crippen LogP contribution is 2.24. The molecule has 0 saturated carbocycles. The number of aromatic nitrogens is 4. The zero-order valence-electron chi connectivity index (χ0n) is 11.5. The van der Waals surface area contributed by atoms with Crippen molar-refractivity contribution in [2.24, 2.45) is 16.5 Å². The number of nitrogens with two attached hydrogens (primary N) is 4. The van der Waals surface area contributed by atoms with Crippen molar-refractivity contribution in [3.05, 3.63) is 18.1 Å². The number of hydrogen-bond donors (Lipinski definition) is 4. The highest BCUT2D eigenvalue weighted by molar-refractivity contribution is 6.03. The molecule has 0 aliphatic rings. The summed E-state index contributed by atoms with van der Waals surface area (Å²) in [4.78, 5) is 31.0. The van der Waals surface area contributed by atoms with Crippen LogP contribution in [0.25, 0.3) is 11.3 Å². The van der Waals surface area contributed by atoms with E-state index in [9.17, 15) is 4.79 Å². The highest BCUT2D eigenvalue weighted by Gasteiger charge is 2.18. The third-order valence-electron chi connectivity index (χ3n) is 2.47. The Morgan fingerprint density at radius 1 is 1.14 bits per heavy atom. The number of carbonyl (C=O) groups is 1. The second-order valence-corrected chi connectivity index (χ2v) is 3.99. The number of carbonyl (C=O) groups excluding carboxylic acids is 1. The maximum absolute atomic E-state index is 11.8. The summed E-state index contributed by atoms with van der Waals surface area (Å²) in [5.41, 5.74) is 22.0. The lowest BCUT2D eigenvalue weighted by Gasteiger charge is -2.08. The van der Waals surface area contributed by atoms with E-state index in [0.29, 0.717) is 5.56 Å². The van der Waals surface area contributed by atoms with Crippen LogP contribution in [-0.2, 0) is 0 Å². The molecular weight excluding hydrogens is 290 g/mol. The first-order valence-corrected chi connectivity index (χ1v) is 5.85. The van der Waals surface area contributed by atoms with Gasteiger partial charge in [0.05, 0.1) is 7.11 Å². The molecule has 8 N–H and O–H groups in total. The number of ether oxygens (including phenoxy) is 1. The monoisotopic (exact) mass is 303 g/mol. The summed E-state index contributed by atoms with van der Waals surface area (Å²) in [5, 5.41) is 0. The molecule has 0 saturated heterocycles. The smallest absolute Gasteiger partial charge is 0.316 e. The number of nitrogen functional groups attached to an aromatic ring is 2. The SMILES string of the molecule is COc1ncc(-c2nc(C(=O)N=C(N)N)c(N)nc2N)cn1. The van der Waals surface area contributed by atoms with Gasteiger partial charge in [-0.15, -0.1) is 0 Å². The summed E-state index contributed by atoms with van der Waals surface area (Å²) >= 11 is 0. The van der Waals surface area contributed by atoms with Crippen molar-refractivity contribution in [2.75, 3.05) is 18.6 Å². The van der Waals surface area contributed by atoms with Crippen LogP contribution in [0.1, 0.15) is 10.5 Å². The van der Waals surface area contributed by atoms with E-state index in [1.165, 1.54) is 19.5 Å². The lowest BCUT2D eigenvalue weighted by Crippen LogP contribution is -2.25. The molecule has 0 atom stereocenters. The Bertz CT molecular complexity index is 738. The summed E-state index contributed by atoms with van der Waals surface area (Å²) in [5.74, 6) is -1.43. The van der Waals surface area contributed by atoms with Crippen molar-refractivity contribution < 1.29 is 9.53 Å². The summed E-state index contributed by atoms with van der Waals surface area (Å²) in [6.07, 6.45) is 2.83. The quantitative estimate of drug-likeness (QED) is 0.383. The van der Waals surface area contributed by atoms with E-state index >= 15 is 0 Å². The van der Waals surface area contributed by atoms with Gasteiger partial charge in [0.1, 0.15) is 5.69 Å². The molecule has 0 aliphatic heterocycles. The first-order valence-electron chi connectivity index (χ1n) is 5.85. The molecule has 11 nitrogen and oxygen atoms in total. The molecule has 0 aromatic carbocycles. The van der Waals surface area contributed by atoms with E-state index in [0.717, 1.165) is 0 Å². The summed E-state index contributed by atoms with van der Waals surface area (Å²) in [7, 11) is 1.43. The van der Waals surface area contributed by atoms with Crippen molar-refractivity contribution in [1.29, 1.82) is 0 Å². The third-order valence-corrected chi connectivity index (χ3v) is 2.47. The summed E-state index contributed by atoms with van der Waals surface area (Å²) in [6.45, 7) is 0. The molecule has 2 aromatic rings. The Kier molecular flexibility index (Phi) is 3.97. The number of nitrogens with zero attached hydrogens (tertiary/aromatic N) is 5. The van der Waals surface area contributed by atoms with E-state index in [4.69, 9.17) is 27.7 Å². The van der Waals surface area contributed by atoms with E-state index in [2.05, 4.69) is 24.9 Å². The lowest BCUT2D eigenvalue weighted by molar-refractivity contribution is 0.0999. The van der Waals surface area contributed by atoms with Gasteiger partial charge in [0, 0.05) is 18.0 Å². The fourth-order valence-electron chi connectivity index (χ4n) is 1.55. The number of methoxy groups -OCH3 is 1. The van der Waals surface area contributed by atoms with E-state index in [1.807, 2.05) is 0 Å². The predicted octanol–water partition coefficient (Wildman–Crippen LogP) is -1.48. The van der Waals surface area contributed by atoms with Crippen LogP contribution < -0.4 is 27.7 Å². The van der Waals surface area contributed by atoms with Crippen LogP contribution in [0.2, 0.25) is 0 Å². The van der Waals surface area contributed by atoms with Gasteiger partial charge in [-0.25, -0.2) is 19.9 Å². The molecule has 1 amide bonds. The van der Waals surface area contributed by atoms with Gasteiger partial charge in [-0.05, 0) is 0 Å². The van der Waals surface area contributed by atoms with Crippen LogP contribution in [0.15, 0.2) is 17.4 Å². The third kappa shape index (κ3) is 2.98. The fraction of sp³-hybridized carbons (Fsp3) is 0.0909. The summed E-state index contributed by atoms with van der Waals surface area (Å²) in [6, 6.07) is 0.169. The van der Waals surface area contributed by atoms with Crippen LogP contribution in [0.3, 0.4) is 0 Å². The zero-order valence-corrected chi connectivity index (χ0v) is 11.5. The van der Waals surface area contributed by atoms with Gasteiger partial charge >= 0.3 is 11.9 Å². The number of aliphatic imine (C=N–C) groups is 1. The molecule has 22 heavy (non-hydrogen) atoms. The van der Waals surface area contributed by atoms with Gasteiger partial charge in [0.2, 0.25) is 0 Å². The Labute approximate surface area is 124 Å². The molecule has 11 heteroatoms. The first kappa shape index (κ1) is 14.9. The standard InChI is InChI=1S/C11H13N9O2/c1-22-11-16-2-4(3-17-11)5-7(12)19-8(13)6(18-5)9(21)20-10(14)15/h2-3H,1H3,(H4,12,13,19)(H4,14,15,20,21). The number of rotatable bonds is 3. The lowest BCUT2D eigenvalue weighted by atomic mass is 10.2. The molecule has 0 bridgehead atoms. The maximum Gasteiger partial charge on any atom is 0.316 e. The molecule has 0 radical (unpaired) electrons. The van der Waals surface area contributed by atoms with Crippen LogP contribution in [0.4, 0.5) is 11.6 Å². The fourth-order valence-corrected chi connectivity index (χ4v) is 1.55. The largest absolute Gasteiger partial charge is 0.467 e. The normalized spacial score (nSPS) is 10.0. The second-order valence-electron chi connectivity index (χ2n) is 3.99. The van der Waals surface area contributed by atoms with Crippen LogP contribution in [-0.4, -0.2) is 38.9 Å². The Hall–Kier alpha value is -3.50. The van der Waals surface area contributed by atoms with Crippen molar-refractivity contribution in [3.63, 3.8) is 0 Å². The number of guanidine groups is 1. The van der Waals surface area contributed by atoms with Crippen molar-refractivity contribution in [1.82, 2.24) is 19.9 Å². The van der Waals surface area contributed by atoms with Gasteiger partial charge in [-0.3, -0.25) is 4.79 Å². The molecule has 114 valence electrons. The zero-order chi connectivity index (χ0) is 16.3. The van der Waals surface area contributed by atoms with Gasteiger partial charge in [0.15, 0.2) is 23.3 Å². The number of anilines is 2. The van der Waals surface area contributed by atoms with E-state index in [-0.39, 0.29) is 29.0 Å². The van der Waals surface area contributed by atoms with Gasteiger partial charge in [-0.2, -0.15) is 4.99 Å². The minimum absolute atomic E-state index is 0.00696. The molecular formula is C11H13N9O2. The second kappa shape index (κ2) is 5.87. The molecule has 0 unspecified atom stereocenters. The van der Waals surface area contributed by atoms with Crippen LogP contribution in [0.5, 0.6) is 6.01 Å². The van der Waals surface area contributed by atoms with Crippen LogP contribution >= 0.6 is 0 Å². The Balaban J connectivity index is 2.52. The average Bonchev–Trinajstić information content (AvgIpc) is 2.46. The first-order chi connectivity index (χ1) is 10.4. The molecule has 0 fully saturated rings. The predicted molar refractivity (Wildman–Crippen MR) is 78.6 cm³/mol.